The smallest absolute Gasteiger partial charge is 0.326 e. The van der Waals surface area contributed by atoms with Crippen LogP contribution in [0, 0.1) is 12.8 Å². The topological polar surface area (TPSA) is 57.6 Å². The predicted octanol–water partition coefficient (Wildman–Crippen LogP) is 2.38. The SMILES string of the molecule is Cc1ccsc1C(=O)N1CCC(C)CC1C(=O)O. The number of rotatable bonds is 2. The number of hydrogen-bond acceptors (Lipinski definition) is 3. The van der Waals surface area contributed by atoms with Gasteiger partial charge >= 0.3 is 5.97 Å². The number of thiophene rings is 1. The normalized spacial score (nSPS) is 24.0. The maximum Gasteiger partial charge on any atom is 0.326 e. The molecule has 1 aromatic rings. The monoisotopic (exact) mass is 267 g/mol. The van der Waals surface area contributed by atoms with E-state index in [1.54, 1.807) is 0 Å². The van der Waals surface area contributed by atoms with Gasteiger partial charge < -0.3 is 10.0 Å². The Morgan fingerprint density at radius 3 is 2.78 bits per heavy atom. The molecule has 1 aliphatic heterocycles. The Balaban J connectivity index is 2.23. The molecule has 18 heavy (non-hydrogen) atoms. The van der Waals surface area contributed by atoms with Crippen LogP contribution in [-0.2, 0) is 4.79 Å². The number of amides is 1. The van der Waals surface area contributed by atoms with Crippen molar-refractivity contribution < 1.29 is 14.7 Å². The number of nitrogens with zero attached hydrogens (tertiary/aromatic N) is 1. The van der Waals surface area contributed by atoms with E-state index in [1.807, 2.05) is 25.3 Å². The number of carbonyl (C=O) groups excluding carboxylic acids is 1. The van der Waals surface area contributed by atoms with Crippen LogP contribution in [0.2, 0.25) is 0 Å². The first-order chi connectivity index (χ1) is 8.50. The van der Waals surface area contributed by atoms with Gasteiger partial charge in [0.15, 0.2) is 0 Å². The molecule has 2 atom stereocenters. The Kier molecular flexibility index (Phi) is 3.71. The van der Waals surface area contributed by atoms with Crippen molar-refractivity contribution in [3.05, 3.63) is 21.9 Å². The molecule has 1 aromatic heterocycles. The summed E-state index contributed by atoms with van der Waals surface area (Å²) in [5, 5.41) is 11.1. The Hall–Kier alpha value is -1.36. The zero-order valence-corrected chi connectivity index (χ0v) is 11.4. The highest BCUT2D eigenvalue weighted by molar-refractivity contribution is 7.12. The van der Waals surface area contributed by atoms with Crippen LogP contribution in [0.25, 0.3) is 0 Å². The summed E-state index contributed by atoms with van der Waals surface area (Å²) in [6, 6.07) is 1.21. The quantitative estimate of drug-likeness (QED) is 0.895. The molecule has 0 spiro atoms. The van der Waals surface area contributed by atoms with Gasteiger partial charge in [0.25, 0.3) is 5.91 Å². The second kappa shape index (κ2) is 5.10. The Bertz CT molecular complexity index is 469. The summed E-state index contributed by atoms with van der Waals surface area (Å²) >= 11 is 1.38. The van der Waals surface area contributed by atoms with Crippen molar-refractivity contribution in [1.29, 1.82) is 0 Å². The predicted molar refractivity (Wildman–Crippen MR) is 69.9 cm³/mol. The molecule has 0 aliphatic carbocycles. The van der Waals surface area contributed by atoms with E-state index < -0.39 is 12.0 Å². The van der Waals surface area contributed by atoms with E-state index in [1.165, 1.54) is 16.2 Å². The van der Waals surface area contributed by atoms with E-state index in [-0.39, 0.29) is 5.91 Å². The van der Waals surface area contributed by atoms with Gasteiger partial charge in [-0.25, -0.2) is 4.79 Å². The molecule has 1 amide bonds. The lowest BCUT2D eigenvalue weighted by Gasteiger charge is -2.35. The van der Waals surface area contributed by atoms with E-state index in [4.69, 9.17) is 0 Å². The van der Waals surface area contributed by atoms with Crippen LogP contribution in [0.15, 0.2) is 11.4 Å². The molecule has 0 saturated carbocycles. The van der Waals surface area contributed by atoms with E-state index >= 15 is 0 Å². The molecule has 5 heteroatoms. The standard InChI is InChI=1S/C13H17NO3S/c1-8-3-5-14(10(7-8)13(16)17)12(15)11-9(2)4-6-18-11/h4,6,8,10H,3,5,7H2,1-2H3,(H,16,17). The molecule has 0 aromatic carbocycles. The van der Waals surface area contributed by atoms with E-state index in [0.717, 1.165) is 12.0 Å². The molecular formula is C13H17NO3S. The number of likely N-dealkylation sites (tertiary alicyclic amines) is 1. The zero-order valence-electron chi connectivity index (χ0n) is 10.5. The van der Waals surface area contributed by atoms with Gasteiger partial charge in [-0.1, -0.05) is 6.92 Å². The summed E-state index contributed by atoms with van der Waals surface area (Å²) in [5.74, 6) is -0.675. The Morgan fingerprint density at radius 2 is 2.22 bits per heavy atom. The Labute approximate surface area is 110 Å². The van der Waals surface area contributed by atoms with Gasteiger partial charge in [-0.3, -0.25) is 4.79 Å². The van der Waals surface area contributed by atoms with Crippen LogP contribution in [0.4, 0.5) is 0 Å². The van der Waals surface area contributed by atoms with Crippen molar-refractivity contribution in [2.75, 3.05) is 6.54 Å². The van der Waals surface area contributed by atoms with Crippen LogP contribution in [0.5, 0.6) is 0 Å². The average molecular weight is 267 g/mol. The van der Waals surface area contributed by atoms with Crippen LogP contribution in [-0.4, -0.2) is 34.5 Å². The number of hydrogen-bond donors (Lipinski definition) is 1. The molecule has 2 heterocycles. The summed E-state index contributed by atoms with van der Waals surface area (Å²) in [4.78, 5) is 25.8. The number of piperidine rings is 1. The van der Waals surface area contributed by atoms with Crippen LogP contribution in [0.1, 0.15) is 35.0 Å². The summed E-state index contributed by atoms with van der Waals surface area (Å²) in [5.41, 5.74) is 0.924. The largest absolute Gasteiger partial charge is 0.480 e. The lowest BCUT2D eigenvalue weighted by molar-refractivity contribution is -0.144. The molecular weight excluding hydrogens is 250 g/mol. The minimum Gasteiger partial charge on any atom is -0.480 e. The van der Waals surface area contributed by atoms with Crippen LogP contribution >= 0.6 is 11.3 Å². The number of aliphatic carboxylic acids is 1. The van der Waals surface area contributed by atoms with Gasteiger partial charge in [0.05, 0.1) is 4.88 Å². The molecule has 1 aliphatic rings. The van der Waals surface area contributed by atoms with Gasteiger partial charge in [0.2, 0.25) is 0 Å². The average Bonchev–Trinajstić information content (AvgIpc) is 2.74. The molecule has 98 valence electrons. The van der Waals surface area contributed by atoms with Gasteiger partial charge in [0.1, 0.15) is 6.04 Å². The fraction of sp³-hybridized carbons (Fsp3) is 0.538. The molecule has 0 bridgehead atoms. The molecule has 1 saturated heterocycles. The van der Waals surface area contributed by atoms with Crippen LogP contribution < -0.4 is 0 Å². The first-order valence-corrected chi connectivity index (χ1v) is 6.96. The molecule has 2 rings (SSSR count). The molecule has 1 N–H and O–H groups in total. The van der Waals surface area contributed by atoms with Crippen molar-refractivity contribution in [3.63, 3.8) is 0 Å². The van der Waals surface area contributed by atoms with Crippen molar-refractivity contribution in [3.8, 4) is 0 Å². The van der Waals surface area contributed by atoms with Gasteiger partial charge in [-0.15, -0.1) is 11.3 Å². The van der Waals surface area contributed by atoms with Crippen molar-refractivity contribution in [2.45, 2.75) is 32.7 Å². The second-order valence-electron chi connectivity index (χ2n) is 4.91. The van der Waals surface area contributed by atoms with E-state index in [0.29, 0.717) is 23.8 Å². The molecule has 4 nitrogen and oxygen atoms in total. The first-order valence-electron chi connectivity index (χ1n) is 6.08. The number of carboxylic acid groups (broad SMARTS) is 1. The summed E-state index contributed by atoms with van der Waals surface area (Å²) in [6.45, 7) is 4.45. The minimum absolute atomic E-state index is 0.137. The fourth-order valence-corrected chi connectivity index (χ4v) is 3.22. The van der Waals surface area contributed by atoms with E-state index in [9.17, 15) is 14.7 Å². The van der Waals surface area contributed by atoms with Crippen LogP contribution in [0.3, 0.4) is 0 Å². The second-order valence-corrected chi connectivity index (χ2v) is 5.83. The van der Waals surface area contributed by atoms with Gasteiger partial charge in [0, 0.05) is 6.54 Å². The highest BCUT2D eigenvalue weighted by atomic mass is 32.1. The van der Waals surface area contributed by atoms with Gasteiger partial charge in [-0.2, -0.15) is 0 Å². The third-order valence-corrected chi connectivity index (χ3v) is 4.47. The maximum atomic E-state index is 12.4. The minimum atomic E-state index is -0.899. The summed E-state index contributed by atoms with van der Waals surface area (Å²) < 4.78 is 0. The van der Waals surface area contributed by atoms with E-state index in [2.05, 4.69) is 0 Å². The molecule has 2 unspecified atom stereocenters. The van der Waals surface area contributed by atoms with Crippen molar-refractivity contribution in [2.24, 2.45) is 5.92 Å². The summed E-state index contributed by atoms with van der Waals surface area (Å²) in [6.07, 6.45) is 1.42. The Morgan fingerprint density at radius 1 is 1.50 bits per heavy atom. The molecule has 1 fully saturated rings. The number of carbonyl (C=O) groups is 2. The lowest BCUT2D eigenvalue weighted by atomic mass is 9.92. The summed E-state index contributed by atoms with van der Waals surface area (Å²) in [7, 11) is 0. The van der Waals surface area contributed by atoms with Crippen molar-refractivity contribution >= 4 is 23.2 Å². The third kappa shape index (κ3) is 2.41. The lowest BCUT2D eigenvalue weighted by Crippen LogP contribution is -2.49. The number of carboxylic acids is 1. The maximum absolute atomic E-state index is 12.4. The first kappa shape index (κ1) is 13.1. The highest BCUT2D eigenvalue weighted by Crippen LogP contribution is 2.26. The number of aryl methyl sites for hydroxylation is 1. The third-order valence-electron chi connectivity index (χ3n) is 3.47. The zero-order chi connectivity index (χ0) is 13.3. The molecule has 0 radical (unpaired) electrons. The van der Waals surface area contributed by atoms with Gasteiger partial charge in [-0.05, 0) is 42.7 Å². The highest BCUT2D eigenvalue weighted by Gasteiger charge is 2.35. The van der Waals surface area contributed by atoms with Crippen molar-refractivity contribution in [1.82, 2.24) is 4.90 Å². The fourth-order valence-electron chi connectivity index (χ4n) is 2.34.